The fourth-order valence-electron chi connectivity index (χ4n) is 2.16. The predicted molar refractivity (Wildman–Crippen MR) is 83.7 cm³/mol. The zero-order chi connectivity index (χ0) is 15.1. The van der Waals surface area contributed by atoms with Crippen molar-refractivity contribution in [2.24, 2.45) is 5.92 Å². The second-order valence-electron chi connectivity index (χ2n) is 5.93. The number of nitrogens with one attached hydrogen (secondary N) is 1. The Balaban J connectivity index is 2.10. The highest BCUT2D eigenvalue weighted by Gasteiger charge is 2.22. The fourth-order valence-corrected chi connectivity index (χ4v) is 2.16. The highest BCUT2D eigenvalue weighted by Crippen LogP contribution is 2.28. The van der Waals surface area contributed by atoms with Gasteiger partial charge in [0, 0.05) is 19.2 Å². The standard InChI is InChI=1S/C16H27N3O2/c1-4-5-8-21-15-10-14(17-11-12(2)3)18-16(19-15)13-7-6-9-20-13/h10,12-13H,4-9,11H2,1-3H3,(H,17,18,19). The molecule has 1 aliphatic heterocycles. The molecule has 0 spiro atoms. The average Bonchev–Trinajstić information content (AvgIpc) is 2.99. The summed E-state index contributed by atoms with van der Waals surface area (Å²) in [6.07, 6.45) is 4.22. The first-order valence-corrected chi connectivity index (χ1v) is 8.06. The lowest BCUT2D eigenvalue weighted by Crippen LogP contribution is -2.13. The third-order valence-corrected chi connectivity index (χ3v) is 3.38. The third-order valence-electron chi connectivity index (χ3n) is 3.38. The highest BCUT2D eigenvalue weighted by molar-refractivity contribution is 5.38. The predicted octanol–water partition coefficient (Wildman–Crippen LogP) is 3.57. The monoisotopic (exact) mass is 293 g/mol. The molecule has 1 aromatic rings. The number of ether oxygens (including phenoxy) is 2. The Morgan fingerprint density at radius 3 is 2.95 bits per heavy atom. The van der Waals surface area contributed by atoms with Gasteiger partial charge in [-0.05, 0) is 25.2 Å². The molecule has 1 N–H and O–H groups in total. The average molecular weight is 293 g/mol. The van der Waals surface area contributed by atoms with Crippen molar-refractivity contribution in [1.82, 2.24) is 9.97 Å². The van der Waals surface area contributed by atoms with Crippen LogP contribution in [0.1, 0.15) is 58.4 Å². The Hall–Kier alpha value is -1.36. The van der Waals surface area contributed by atoms with E-state index in [9.17, 15) is 0 Å². The molecule has 1 unspecified atom stereocenters. The van der Waals surface area contributed by atoms with Gasteiger partial charge in [-0.25, -0.2) is 4.98 Å². The molecule has 0 radical (unpaired) electrons. The van der Waals surface area contributed by atoms with Gasteiger partial charge in [0.15, 0.2) is 5.82 Å². The SMILES string of the molecule is CCCCOc1cc(NCC(C)C)nc(C2CCCO2)n1. The second kappa shape index (κ2) is 8.17. The van der Waals surface area contributed by atoms with Crippen molar-refractivity contribution in [3.8, 4) is 5.88 Å². The number of hydrogen-bond donors (Lipinski definition) is 1. The van der Waals surface area contributed by atoms with Gasteiger partial charge in [0.25, 0.3) is 0 Å². The first kappa shape index (κ1) is 16.0. The van der Waals surface area contributed by atoms with Crippen molar-refractivity contribution in [2.75, 3.05) is 25.1 Å². The number of anilines is 1. The molecule has 1 saturated heterocycles. The summed E-state index contributed by atoms with van der Waals surface area (Å²) >= 11 is 0. The summed E-state index contributed by atoms with van der Waals surface area (Å²) in [6, 6.07) is 1.89. The fraction of sp³-hybridized carbons (Fsp3) is 0.750. The van der Waals surface area contributed by atoms with Gasteiger partial charge < -0.3 is 14.8 Å². The number of hydrogen-bond acceptors (Lipinski definition) is 5. The van der Waals surface area contributed by atoms with E-state index in [1.54, 1.807) is 0 Å². The van der Waals surface area contributed by atoms with Gasteiger partial charge in [-0.1, -0.05) is 27.2 Å². The summed E-state index contributed by atoms with van der Waals surface area (Å²) in [6.45, 7) is 8.88. The Labute approximate surface area is 127 Å². The Kier molecular flexibility index (Phi) is 6.23. The molecule has 118 valence electrons. The summed E-state index contributed by atoms with van der Waals surface area (Å²) in [5.41, 5.74) is 0. The molecule has 1 aliphatic rings. The molecule has 0 aliphatic carbocycles. The minimum absolute atomic E-state index is 0.0133. The van der Waals surface area contributed by atoms with Crippen molar-refractivity contribution in [2.45, 2.75) is 52.6 Å². The molecule has 2 rings (SSSR count). The van der Waals surface area contributed by atoms with Crippen molar-refractivity contribution in [3.05, 3.63) is 11.9 Å². The lowest BCUT2D eigenvalue weighted by atomic mass is 10.2. The van der Waals surface area contributed by atoms with Crippen LogP contribution in [0.5, 0.6) is 5.88 Å². The maximum absolute atomic E-state index is 5.75. The van der Waals surface area contributed by atoms with E-state index in [2.05, 4.69) is 36.1 Å². The summed E-state index contributed by atoms with van der Waals surface area (Å²) < 4.78 is 11.4. The van der Waals surface area contributed by atoms with Gasteiger partial charge in [-0.15, -0.1) is 0 Å². The van der Waals surface area contributed by atoms with Crippen LogP contribution in [0, 0.1) is 5.92 Å². The molecule has 1 fully saturated rings. The first-order valence-electron chi connectivity index (χ1n) is 8.06. The van der Waals surface area contributed by atoms with Gasteiger partial charge >= 0.3 is 0 Å². The van der Waals surface area contributed by atoms with Crippen molar-refractivity contribution >= 4 is 5.82 Å². The maximum atomic E-state index is 5.75. The van der Waals surface area contributed by atoms with Crippen LogP contribution in [0.3, 0.4) is 0 Å². The van der Waals surface area contributed by atoms with E-state index in [-0.39, 0.29) is 6.10 Å². The van der Waals surface area contributed by atoms with E-state index in [1.165, 1.54) is 0 Å². The van der Waals surface area contributed by atoms with Crippen LogP contribution in [0.2, 0.25) is 0 Å². The van der Waals surface area contributed by atoms with Gasteiger partial charge in [0.1, 0.15) is 11.9 Å². The molecule has 1 atom stereocenters. The normalized spacial score (nSPS) is 18.2. The molecule has 0 aromatic carbocycles. The van der Waals surface area contributed by atoms with E-state index in [4.69, 9.17) is 9.47 Å². The largest absolute Gasteiger partial charge is 0.478 e. The van der Waals surface area contributed by atoms with E-state index in [0.717, 1.165) is 50.5 Å². The maximum Gasteiger partial charge on any atom is 0.218 e. The topological polar surface area (TPSA) is 56.3 Å². The van der Waals surface area contributed by atoms with E-state index in [1.807, 2.05) is 6.07 Å². The Morgan fingerprint density at radius 2 is 2.29 bits per heavy atom. The van der Waals surface area contributed by atoms with Gasteiger partial charge in [-0.2, -0.15) is 4.98 Å². The molecule has 0 bridgehead atoms. The molecule has 1 aromatic heterocycles. The lowest BCUT2D eigenvalue weighted by molar-refractivity contribution is 0.104. The van der Waals surface area contributed by atoms with E-state index >= 15 is 0 Å². The third kappa shape index (κ3) is 5.16. The highest BCUT2D eigenvalue weighted by atomic mass is 16.5. The minimum atomic E-state index is 0.0133. The first-order chi connectivity index (χ1) is 10.2. The van der Waals surface area contributed by atoms with Crippen LogP contribution < -0.4 is 10.1 Å². The summed E-state index contributed by atoms with van der Waals surface area (Å²) in [5, 5.41) is 3.35. The van der Waals surface area contributed by atoms with Crippen molar-refractivity contribution in [3.63, 3.8) is 0 Å². The molecule has 0 amide bonds. The van der Waals surface area contributed by atoms with Crippen LogP contribution in [-0.4, -0.2) is 29.7 Å². The van der Waals surface area contributed by atoms with E-state index < -0.39 is 0 Å². The van der Waals surface area contributed by atoms with Crippen molar-refractivity contribution in [1.29, 1.82) is 0 Å². The number of nitrogens with zero attached hydrogens (tertiary/aromatic N) is 2. The van der Waals surface area contributed by atoms with Crippen LogP contribution in [-0.2, 0) is 4.74 Å². The second-order valence-corrected chi connectivity index (χ2v) is 5.93. The molecule has 5 nitrogen and oxygen atoms in total. The van der Waals surface area contributed by atoms with Gasteiger partial charge in [-0.3, -0.25) is 0 Å². The number of rotatable bonds is 8. The van der Waals surface area contributed by atoms with Gasteiger partial charge in [0.05, 0.1) is 6.61 Å². The smallest absolute Gasteiger partial charge is 0.218 e. The van der Waals surface area contributed by atoms with Gasteiger partial charge in [0.2, 0.25) is 5.88 Å². The summed E-state index contributed by atoms with van der Waals surface area (Å²) in [4.78, 5) is 9.10. The molecular weight excluding hydrogens is 266 g/mol. The Morgan fingerprint density at radius 1 is 1.43 bits per heavy atom. The van der Waals surface area contributed by atoms with Crippen LogP contribution >= 0.6 is 0 Å². The quantitative estimate of drug-likeness (QED) is 0.742. The molecule has 0 saturated carbocycles. The summed E-state index contributed by atoms with van der Waals surface area (Å²) in [5.74, 6) is 2.79. The van der Waals surface area contributed by atoms with Crippen molar-refractivity contribution < 1.29 is 9.47 Å². The molecule has 5 heteroatoms. The van der Waals surface area contributed by atoms with E-state index in [0.29, 0.717) is 18.4 Å². The summed E-state index contributed by atoms with van der Waals surface area (Å²) in [7, 11) is 0. The number of unbranched alkanes of at least 4 members (excludes halogenated alkanes) is 1. The molecule has 2 heterocycles. The number of aromatic nitrogens is 2. The van der Waals surface area contributed by atoms with Crippen LogP contribution in [0.4, 0.5) is 5.82 Å². The van der Waals surface area contributed by atoms with Crippen LogP contribution in [0.15, 0.2) is 6.07 Å². The minimum Gasteiger partial charge on any atom is -0.478 e. The zero-order valence-corrected chi connectivity index (χ0v) is 13.4. The molecule has 21 heavy (non-hydrogen) atoms. The lowest BCUT2D eigenvalue weighted by Gasteiger charge is -2.14. The zero-order valence-electron chi connectivity index (χ0n) is 13.4. The van der Waals surface area contributed by atoms with Crippen LogP contribution in [0.25, 0.3) is 0 Å². The molecular formula is C16H27N3O2. The Bertz CT molecular complexity index is 432.